The Hall–Kier alpha value is -3.42. The number of amides is 2. The molecule has 1 unspecified atom stereocenters. The van der Waals surface area contributed by atoms with Crippen molar-refractivity contribution in [2.24, 2.45) is 5.16 Å². The Bertz CT molecular complexity index is 1220. The summed E-state index contributed by atoms with van der Waals surface area (Å²) in [6.45, 7) is 0.179. The molecule has 1 saturated heterocycles. The molecule has 2 atom stereocenters. The molecule has 4 rings (SSSR count). The van der Waals surface area contributed by atoms with Crippen LogP contribution < -0.4 is 5.32 Å². The number of β-lactam (4-membered cyclic amide) rings is 1. The van der Waals surface area contributed by atoms with Crippen LogP contribution in [0.2, 0.25) is 0 Å². The lowest BCUT2D eigenvalue weighted by molar-refractivity contribution is -0.150. The number of hydrogen-bond acceptors (Lipinski definition) is 12. The van der Waals surface area contributed by atoms with Gasteiger partial charge in [0.1, 0.15) is 36.5 Å². The van der Waals surface area contributed by atoms with E-state index in [-0.39, 0.29) is 23.7 Å². The zero-order valence-corrected chi connectivity index (χ0v) is 19.9. The maximum Gasteiger partial charge on any atom is 0.352 e. The summed E-state index contributed by atoms with van der Waals surface area (Å²) in [6.07, 6.45) is 5.30. The van der Waals surface area contributed by atoms with Crippen LogP contribution in [0.3, 0.4) is 0 Å². The molecule has 1 fully saturated rings. The van der Waals surface area contributed by atoms with Crippen molar-refractivity contribution in [2.75, 3.05) is 18.6 Å². The highest BCUT2D eigenvalue weighted by Crippen LogP contribution is 2.41. The molecular weight excluding hydrogens is 504 g/mol. The number of rotatable bonds is 9. The average Bonchev–Trinajstić information content (AvgIpc) is 3.51. The molecule has 2 N–H and O–H groups in total. The number of hydrogen-bond donors (Lipinski definition) is 2. The third kappa shape index (κ3) is 4.49. The summed E-state index contributed by atoms with van der Waals surface area (Å²) in [5.41, 5.74) is 2.20. The summed E-state index contributed by atoms with van der Waals surface area (Å²) >= 11 is 3.85. The standard InChI is InChI=1S/C18H16N8O5S3/c1-3-4-25-18(21-23-24-25)34-6-9-5-33-16-12(15(28)26(16)13(9)17(29)30)20-14(27)11(22-31-2)10-7-32-8-19-10/h1,7-8,12,16H,4-6H2,2H3,(H,20,27)(H,29,30)/t12?,16-/m1/s1. The maximum absolute atomic E-state index is 12.9. The molecule has 176 valence electrons. The van der Waals surface area contributed by atoms with E-state index in [1.165, 1.54) is 57.1 Å². The van der Waals surface area contributed by atoms with Crippen molar-refractivity contribution in [3.05, 3.63) is 27.9 Å². The van der Waals surface area contributed by atoms with Crippen LogP contribution in [-0.2, 0) is 25.8 Å². The summed E-state index contributed by atoms with van der Waals surface area (Å²) in [6, 6.07) is -0.912. The van der Waals surface area contributed by atoms with Crippen molar-refractivity contribution in [1.29, 1.82) is 0 Å². The lowest BCUT2D eigenvalue weighted by atomic mass is 10.0. The van der Waals surface area contributed by atoms with E-state index in [1.54, 1.807) is 5.38 Å². The largest absolute Gasteiger partial charge is 0.477 e. The summed E-state index contributed by atoms with van der Waals surface area (Å²) in [5.74, 6) is 0.630. The van der Waals surface area contributed by atoms with E-state index in [0.717, 1.165) is 0 Å². The molecule has 13 nitrogen and oxygen atoms in total. The summed E-state index contributed by atoms with van der Waals surface area (Å²) in [4.78, 5) is 47.6. The van der Waals surface area contributed by atoms with Gasteiger partial charge in [0.15, 0.2) is 5.71 Å². The van der Waals surface area contributed by atoms with Gasteiger partial charge < -0.3 is 15.3 Å². The van der Waals surface area contributed by atoms with Gasteiger partial charge in [-0.2, -0.15) is 0 Å². The van der Waals surface area contributed by atoms with Gasteiger partial charge in [-0.05, 0) is 16.0 Å². The Labute approximate surface area is 205 Å². The summed E-state index contributed by atoms with van der Waals surface area (Å²) in [7, 11) is 1.29. The maximum atomic E-state index is 12.9. The zero-order valence-electron chi connectivity index (χ0n) is 17.4. The first-order valence-corrected chi connectivity index (χ1v) is 12.5. The Balaban J connectivity index is 1.48. The van der Waals surface area contributed by atoms with Crippen LogP contribution in [0.25, 0.3) is 0 Å². The van der Waals surface area contributed by atoms with E-state index in [1.807, 2.05) is 0 Å². The number of thiazole rings is 1. The second-order valence-corrected chi connectivity index (χ2v) is 9.49. The smallest absolute Gasteiger partial charge is 0.352 e. The highest BCUT2D eigenvalue weighted by Gasteiger charge is 2.54. The number of aliphatic carboxylic acids is 1. The molecule has 0 saturated carbocycles. The number of aromatic nitrogens is 5. The van der Waals surface area contributed by atoms with Crippen molar-refractivity contribution in [2.45, 2.75) is 23.1 Å². The number of oxime groups is 1. The first-order valence-electron chi connectivity index (χ1n) is 9.49. The molecule has 2 aliphatic heterocycles. The fourth-order valence-electron chi connectivity index (χ4n) is 3.27. The van der Waals surface area contributed by atoms with Crippen molar-refractivity contribution in [3.8, 4) is 12.3 Å². The molecule has 0 radical (unpaired) electrons. The molecule has 0 aromatic carbocycles. The fraction of sp³-hybridized carbons (Fsp3) is 0.333. The molecule has 2 aromatic rings. The third-order valence-corrected chi connectivity index (χ3v) is 7.69. The van der Waals surface area contributed by atoms with Crippen molar-refractivity contribution >= 4 is 58.4 Å². The molecule has 2 aromatic heterocycles. The fourth-order valence-corrected chi connectivity index (χ4v) is 6.16. The average molecular weight is 521 g/mol. The SMILES string of the molecule is C#CCn1nnnc1SCC1=C(C(=O)O)N2C(=O)C(NC(=O)C(=NOC)c3cscn3)[C@H]2SC1. The molecule has 34 heavy (non-hydrogen) atoms. The normalized spacial score (nSPS) is 19.8. The van der Waals surface area contributed by atoms with Crippen LogP contribution in [-0.4, -0.2) is 88.7 Å². The molecule has 0 spiro atoms. The van der Waals surface area contributed by atoms with Gasteiger partial charge in [-0.15, -0.1) is 34.6 Å². The Morgan fingerprint density at radius 3 is 3.00 bits per heavy atom. The molecule has 0 aliphatic carbocycles. The van der Waals surface area contributed by atoms with E-state index in [2.05, 4.69) is 36.9 Å². The van der Waals surface area contributed by atoms with Crippen LogP contribution in [0, 0.1) is 12.3 Å². The second-order valence-electron chi connectivity index (χ2n) is 6.73. The number of tetrazole rings is 1. The topological polar surface area (TPSA) is 165 Å². The molecule has 16 heteroatoms. The predicted octanol–water partition coefficient (Wildman–Crippen LogP) is -0.356. The number of nitrogens with zero attached hydrogens (tertiary/aromatic N) is 7. The number of fused-ring (bicyclic) bond motifs is 1. The van der Waals surface area contributed by atoms with Gasteiger partial charge in [0.25, 0.3) is 11.8 Å². The van der Waals surface area contributed by atoms with Gasteiger partial charge in [-0.1, -0.05) is 22.8 Å². The number of thioether (sulfide) groups is 2. The van der Waals surface area contributed by atoms with Gasteiger partial charge >= 0.3 is 5.97 Å². The quantitative estimate of drug-likeness (QED) is 0.146. The van der Waals surface area contributed by atoms with Crippen LogP contribution in [0.1, 0.15) is 5.69 Å². The number of carboxylic acids is 1. The first-order chi connectivity index (χ1) is 16.5. The monoisotopic (exact) mass is 520 g/mol. The minimum Gasteiger partial charge on any atom is -0.477 e. The lowest BCUT2D eigenvalue weighted by Crippen LogP contribution is -2.71. The van der Waals surface area contributed by atoms with Crippen molar-refractivity contribution in [3.63, 3.8) is 0 Å². The van der Waals surface area contributed by atoms with E-state index in [0.29, 0.717) is 22.2 Å². The summed E-state index contributed by atoms with van der Waals surface area (Å²) in [5, 5.41) is 28.9. The van der Waals surface area contributed by atoms with Gasteiger partial charge in [0, 0.05) is 16.9 Å². The second kappa shape index (κ2) is 10.2. The number of carbonyl (C=O) groups is 3. The Morgan fingerprint density at radius 1 is 1.50 bits per heavy atom. The highest BCUT2D eigenvalue weighted by molar-refractivity contribution is 8.01. The molecule has 2 aliphatic rings. The lowest BCUT2D eigenvalue weighted by Gasteiger charge is -2.49. The number of nitrogens with one attached hydrogen (secondary N) is 1. The Kier molecular flexibility index (Phi) is 7.14. The van der Waals surface area contributed by atoms with Gasteiger partial charge in [0.05, 0.1) is 5.51 Å². The van der Waals surface area contributed by atoms with Crippen molar-refractivity contribution < 1.29 is 24.3 Å². The molecule has 4 heterocycles. The van der Waals surface area contributed by atoms with Gasteiger partial charge in [-0.25, -0.2) is 14.5 Å². The Morgan fingerprint density at radius 2 is 2.32 bits per heavy atom. The molecular formula is C18H16N8O5S3. The van der Waals surface area contributed by atoms with Crippen molar-refractivity contribution in [1.82, 2.24) is 35.4 Å². The van der Waals surface area contributed by atoms with Gasteiger partial charge in [0.2, 0.25) is 5.16 Å². The van der Waals surface area contributed by atoms with Crippen LogP contribution >= 0.6 is 34.9 Å². The van der Waals surface area contributed by atoms with Crippen LogP contribution in [0.4, 0.5) is 0 Å². The number of carbonyl (C=O) groups excluding carboxylic acids is 2. The minimum atomic E-state index is -1.23. The van der Waals surface area contributed by atoms with Crippen LogP contribution in [0.5, 0.6) is 0 Å². The van der Waals surface area contributed by atoms with E-state index in [9.17, 15) is 19.5 Å². The first kappa shape index (κ1) is 23.7. The number of terminal acetylenes is 1. The van der Waals surface area contributed by atoms with E-state index < -0.39 is 29.2 Å². The van der Waals surface area contributed by atoms with E-state index in [4.69, 9.17) is 11.3 Å². The number of carboxylic acid groups (broad SMARTS) is 1. The third-order valence-electron chi connectivity index (χ3n) is 4.72. The minimum absolute atomic E-state index is 0.0772. The predicted molar refractivity (Wildman–Crippen MR) is 123 cm³/mol. The van der Waals surface area contributed by atoms with Crippen LogP contribution in [0.15, 0.2) is 32.5 Å². The molecule has 0 bridgehead atoms. The van der Waals surface area contributed by atoms with Gasteiger partial charge in [-0.3, -0.25) is 14.5 Å². The highest BCUT2D eigenvalue weighted by atomic mass is 32.2. The van der Waals surface area contributed by atoms with E-state index >= 15 is 0 Å². The summed E-state index contributed by atoms with van der Waals surface area (Å²) < 4.78 is 1.42. The zero-order chi connectivity index (χ0) is 24.2. The molecule has 2 amide bonds.